The minimum Gasteiger partial charge on any atom is -0.480 e. The summed E-state index contributed by atoms with van der Waals surface area (Å²) in [6.07, 6.45) is 2.90. The molecule has 1 aromatic carbocycles. The molecule has 0 fully saturated rings. The molecule has 1 amide bonds. The lowest BCUT2D eigenvalue weighted by Crippen LogP contribution is -2.48. The minimum atomic E-state index is -1.11. The summed E-state index contributed by atoms with van der Waals surface area (Å²) in [5.74, 6) is -4.39. The zero-order valence-corrected chi connectivity index (χ0v) is 23.7. The molecule has 3 N–H and O–H groups in total. The van der Waals surface area contributed by atoms with Crippen LogP contribution in [0.1, 0.15) is 6.92 Å². The third kappa shape index (κ3) is 13.2. The van der Waals surface area contributed by atoms with Crippen LogP contribution in [0.3, 0.4) is 0 Å². The Bertz CT molecular complexity index is 1180. The average molecular weight is 609 g/mol. The standard InChI is InChI=1S/C26H36N6O11/c1-2-31(19-26(40)43-21-5-3-20(4-6-21)32(41)42)22(33)15-27-7-9-28(16-23(34)35)11-13-30(18-25(38)39)14-12-29(10-8-27)17-24(36)37/h3-6,11,13H,2,7-10,12,14-19H2,1H3,(H,34,35)(H,36,37)(H,38,39)/b13-11-. The summed E-state index contributed by atoms with van der Waals surface area (Å²) >= 11 is 0. The van der Waals surface area contributed by atoms with Crippen LogP contribution in [0.15, 0.2) is 36.7 Å². The van der Waals surface area contributed by atoms with Crippen molar-refractivity contribution in [3.8, 4) is 5.75 Å². The number of nitrogens with zero attached hydrogens (tertiary/aromatic N) is 6. The first-order valence-electron chi connectivity index (χ1n) is 13.4. The SMILES string of the molecule is CCN(CC(=O)Oc1ccc([N+](=O)[O-])cc1)C(=O)CN1CCN(CC(=O)O)/C=C\N(CC(=O)O)CCN(CC(=O)O)CC1. The van der Waals surface area contributed by atoms with Gasteiger partial charge in [-0.1, -0.05) is 0 Å². The lowest BCUT2D eigenvalue weighted by Gasteiger charge is -2.32. The fourth-order valence-corrected chi connectivity index (χ4v) is 4.13. The lowest BCUT2D eigenvalue weighted by atomic mass is 10.3. The number of non-ortho nitro benzene ring substituents is 1. The van der Waals surface area contributed by atoms with E-state index in [9.17, 15) is 49.4 Å². The van der Waals surface area contributed by atoms with E-state index in [1.165, 1.54) is 51.4 Å². The van der Waals surface area contributed by atoms with E-state index in [1.807, 2.05) is 0 Å². The van der Waals surface area contributed by atoms with Gasteiger partial charge in [-0.25, -0.2) is 4.79 Å². The third-order valence-electron chi connectivity index (χ3n) is 6.36. The van der Waals surface area contributed by atoms with Crippen LogP contribution < -0.4 is 4.74 Å². The van der Waals surface area contributed by atoms with E-state index in [-0.39, 0.29) is 83.4 Å². The van der Waals surface area contributed by atoms with Crippen LogP contribution in [-0.2, 0) is 24.0 Å². The molecule has 0 unspecified atom stereocenters. The van der Waals surface area contributed by atoms with Crippen molar-refractivity contribution >= 4 is 35.5 Å². The van der Waals surface area contributed by atoms with Crippen molar-refractivity contribution in [3.63, 3.8) is 0 Å². The maximum Gasteiger partial charge on any atom is 0.331 e. The molecule has 17 nitrogen and oxygen atoms in total. The molecular weight excluding hydrogens is 572 g/mol. The Kier molecular flexibility index (Phi) is 13.8. The number of ether oxygens (including phenoxy) is 1. The molecule has 0 atom stereocenters. The predicted molar refractivity (Wildman–Crippen MR) is 149 cm³/mol. The van der Waals surface area contributed by atoms with Gasteiger partial charge in [0.15, 0.2) is 0 Å². The molecule has 43 heavy (non-hydrogen) atoms. The highest BCUT2D eigenvalue weighted by atomic mass is 16.6. The van der Waals surface area contributed by atoms with Gasteiger partial charge in [-0.15, -0.1) is 0 Å². The summed E-state index contributed by atoms with van der Waals surface area (Å²) in [4.78, 5) is 77.6. The average Bonchev–Trinajstić information content (AvgIpc) is 2.92. The molecule has 0 aliphatic carbocycles. The molecule has 0 saturated heterocycles. The van der Waals surface area contributed by atoms with Crippen molar-refractivity contribution in [3.05, 3.63) is 46.8 Å². The number of benzene rings is 1. The second kappa shape index (κ2) is 17.2. The molecule has 0 bridgehead atoms. The lowest BCUT2D eigenvalue weighted by molar-refractivity contribution is -0.384. The van der Waals surface area contributed by atoms with Crippen LogP contribution in [0.4, 0.5) is 5.69 Å². The number of rotatable bonds is 13. The van der Waals surface area contributed by atoms with Crippen molar-refractivity contribution < 1.29 is 49.0 Å². The summed E-state index contributed by atoms with van der Waals surface area (Å²) in [6.45, 7) is 1.41. The fraction of sp³-hybridized carbons (Fsp3) is 0.500. The molecule has 1 heterocycles. The van der Waals surface area contributed by atoms with Gasteiger partial charge in [0.25, 0.3) is 5.69 Å². The Balaban J connectivity index is 2.14. The normalized spacial score (nSPS) is 15.9. The van der Waals surface area contributed by atoms with Gasteiger partial charge in [-0.2, -0.15) is 0 Å². The zero-order chi connectivity index (χ0) is 31.9. The van der Waals surface area contributed by atoms with Crippen LogP contribution in [-0.4, -0.2) is 153 Å². The van der Waals surface area contributed by atoms with E-state index in [0.717, 1.165) is 0 Å². The molecule has 0 aromatic heterocycles. The molecule has 0 saturated carbocycles. The van der Waals surface area contributed by atoms with Crippen molar-refractivity contribution in [2.45, 2.75) is 6.92 Å². The number of carboxylic acids is 3. The Morgan fingerprint density at radius 1 is 0.791 bits per heavy atom. The van der Waals surface area contributed by atoms with Gasteiger partial charge in [0.2, 0.25) is 5.91 Å². The maximum absolute atomic E-state index is 13.2. The number of carboxylic acid groups (broad SMARTS) is 3. The number of carbonyl (C=O) groups excluding carboxylic acids is 2. The third-order valence-corrected chi connectivity index (χ3v) is 6.36. The van der Waals surface area contributed by atoms with Crippen molar-refractivity contribution in [1.82, 2.24) is 24.5 Å². The number of nitro groups is 1. The van der Waals surface area contributed by atoms with E-state index in [2.05, 4.69) is 0 Å². The van der Waals surface area contributed by atoms with E-state index in [1.54, 1.807) is 16.7 Å². The van der Waals surface area contributed by atoms with Gasteiger partial charge >= 0.3 is 23.9 Å². The van der Waals surface area contributed by atoms with Crippen LogP contribution in [0.5, 0.6) is 5.75 Å². The molecule has 2 rings (SSSR count). The number of likely N-dealkylation sites (N-methyl/N-ethyl adjacent to an activating group) is 1. The fourth-order valence-electron chi connectivity index (χ4n) is 4.13. The number of nitro benzene ring substituents is 1. The smallest absolute Gasteiger partial charge is 0.331 e. The minimum absolute atomic E-state index is 0.0780. The van der Waals surface area contributed by atoms with E-state index in [0.29, 0.717) is 0 Å². The van der Waals surface area contributed by atoms with Crippen molar-refractivity contribution in [1.29, 1.82) is 0 Å². The van der Waals surface area contributed by atoms with Crippen LogP contribution in [0, 0.1) is 10.1 Å². The van der Waals surface area contributed by atoms with Crippen molar-refractivity contribution in [2.24, 2.45) is 0 Å². The maximum atomic E-state index is 13.2. The largest absolute Gasteiger partial charge is 0.480 e. The first kappa shape index (κ1) is 34.4. The summed E-state index contributed by atoms with van der Waals surface area (Å²) in [7, 11) is 0. The Morgan fingerprint density at radius 2 is 1.26 bits per heavy atom. The van der Waals surface area contributed by atoms with Crippen LogP contribution >= 0.6 is 0 Å². The van der Waals surface area contributed by atoms with Gasteiger partial charge < -0.3 is 34.8 Å². The highest BCUT2D eigenvalue weighted by Gasteiger charge is 2.22. The summed E-state index contributed by atoms with van der Waals surface area (Å²) in [5.41, 5.74) is -0.173. The second-order valence-corrected chi connectivity index (χ2v) is 9.61. The number of hydrogen-bond donors (Lipinski definition) is 3. The first-order valence-corrected chi connectivity index (χ1v) is 13.4. The molecule has 17 heteroatoms. The number of aliphatic carboxylic acids is 3. The van der Waals surface area contributed by atoms with Gasteiger partial charge in [0.1, 0.15) is 25.4 Å². The molecule has 1 aliphatic rings. The Labute approximate surface area is 247 Å². The van der Waals surface area contributed by atoms with Crippen molar-refractivity contribution in [2.75, 3.05) is 78.5 Å². The number of hydrogen-bond acceptors (Lipinski definition) is 12. The highest BCUT2D eigenvalue weighted by molar-refractivity contribution is 5.84. The summed E-state index contributed by atoms with van der Waals surface area (Å²) in [5, 5.41) is 38.7. The molecular formula is C26H36N6O11. The quantitative estimate of drug-likeness (QED) is 0.109. The molecule has 1 aromatic rings. The monoisotopic (exact) mass is 608 g/mol. The predicted octanol–water partition coefficient (Wildman–Crippen LogP) is -0.705. The first-order chi connectivity index (χ1) is 20.4. The topological polar surface area (TPSA) is 215 Å². The highest BCUT2D eigenvalue weighted by Crippen LogP contribution is 2.17. The Hall–Kier alpha value is -4.77. The van der Waals surface area contributed by atoms with Gasteiger partial charge in [0, 0.05) is 70.3 Å². The molecule has 0 radical (unpaired) electrons. The van der Waals surface area contributed by atoms with Crippen LogP contribution in [0.2, 0.25) is 0 Å². The molecule has 236 valence electrons. The number of carbonyl (C=O) groups is 5. The van der Waals surface area contributed by atoms with Gasteiger partial charge in [-0.3, -0.25) is 39.1 Å². The Morgan fingerprint density at radius 3 is 1.70 bits per heavy atom. The second-order valence-electron chi connectivity index (χ2n) is 9.61. The summed E-state index contributed by atoms with van der Waals surface area (Å²) in [6, 6.07) is 4.91. The van der Waals surface area contributed by atoms with Crippen LogP contribution in [0.25, 0.3) is 0 Å². The molecule has 1 aliphatic heterocycles. The van der Waals surface area contributed by atoms with E-state index in [4.69, 9.17) is 4.74 Å². The number of esters is 1. The van der Waals surface area contributed by atoms with E-state index < -0.39 is 41.3 Å². The zero-order valence-electron chi connectivity index (χ0n) is 23.7. The molecule has 0 spiro atoms. The summed E-state index contributed by atoms with van der Waals surface area (Å²) < 4.78 is 5.21. The van der Waals surface area contributed by atoms with Gasteiger partial charge in [-0.05, 0) is 19.1 Å². The number of amides is 1. The van der Waals surface area contributed by atoms with Gasteiger partial charge in [0.05, 0.1) is 18.0 Å². The van der Waals surface area contributed by atoms with E-state index >= 15 is 0 Å².